The van der Waals surface area contributed by atoms with Crippen LogP contribution >= 0.6 is 24.8 Å². The predicted molar refractivity (Wildman–Crippen MR) is 75.1 cm³/mol. The third kappa shape index (κ3) is 3.15. The summed E-state index contributed by atoms with van der Waals surface area (Å²) in [5.41, 5.74) is 6.12. The van der Waals surface area contributed by atoms with Crippen molar-refractivity contribution in [3.63, 3.8) is 0 Å². The smallest absolute Gasteiger partial charge is 0.137 e. The highest BCUT2D eigenvalue weighted by atomic mass is 35.5. The minimum absolute atomic E-state index is 0. The van der Waals surface area contributed by atoms with Gasteiger partial charge in [-0.3, -0.25) is 4.68 Å². The fourth-order valence-corrected chi connectivity index (χ4v) is 3.17. The Morgan fingerprint density at radius 1 is 1.17 bits per heavy atom. The second kappa shape index (κ2) is 6.70. The van der Waals surface area contributed by atoms with Crippen molar-refractivity contribution in [1.29, 1.82) is 0 Å². The maximum Gasteiger partial charge on any atom is 0.137 e. The Bertz CT molecular complexity index is 345. The fraction of sp³-hybridized carbons (Fsp3) is 0.818. The van der Waals surface area contributed by atoms with Crippen molar-refractivity contribution in [2.24, 2.45) is 17.6 Å². The SMILES string of the molecule is Cl.Cl.NC1CCC2CN(CCn3cncn3)CC12. The molecule has 0 aromatic carbocycles. The van der Waals surface area contributed by atoms with E-state index in [1.54, 1.807) is 12.7 Å². The first-order chi connectivity index (χ1) is 7.83. The Morgan fingerprint density at radius 2 is 2.00 bits per heavy atom. The van der Waals surface area contributed by atoms with Gasteiger partial charge in [-0.2, -0.15) is 5.10 Å². The number of rotatable bonds is 3. The molecule has 1 aliphatic carbocycles. The van der Waals surface area contributed by atoms with E-state index in [1.807, 2.05) is 4.68 Å². The van der Waals surface area contributed by atoms with Gasteiger partial charge in [0, 0.05) is 25.7 Å². The summed E-state index contributed by atoms with van der Waals surface area (Å²) in [5, 5.41) is 4.12. The average molecular weight is 294 g/mol. The molecule has 18 heavy (non-hydrogen) atoms. The van der Waals surface area contributed by atoms with Crippen LogP contribution in [0.4, 0.5) is 0 Å². The van der Waals surface area contributed by atoms with Crippen molar-refractivity contribution >= 4 is 24.8 Å². The number of fused-ring (bicyclic) bond motifs is 1. The van der Waals surface area contributed by atoms with Crippen LogP contribution in [-0.4, -0.2) is 45.3 Å². The third-order valence-corrected chi connectivity index (χ3v) is 4.10. The summed E-state index contributed by atoms with van der Waals surface area (Å²) in [5.74, 6) is 1.60. The van der Waals surface area contributed by atoms with Crippen molar-refractivity contribution in [1.82, 2.24) is 19.7 Å². The molecule has 2 N–H and O–H groups in total. The van der Waals surface area contributed by atoms with Crippen molar-refractivity contribution in [3.8, 4) is 0 Å². The van der Waals surface area contributed by atoms with E-state index in [0.717, 1.165) is 24.9 Å². The molecule has 3 atom stereocenters. The third-order valence-electron chi connectivity index (χ3n) is 4.10. The zero-order chi connectivity index (χ0) is 11.0. The standard InChI is InChI=1S/C11H19N5.2ClH/c12-11-2-1-9-5-15(6-10(9)11)3-4-16-8-13-7-14-16;;/h7-11H,1-6,12H2;2*1H. The lowest BCUT2D eigenvalue weighted by Crippen LogP contribution is -2.31. The van der Waals surface area contributed by atoms with Crippen LogP contribution in [0.5, 0.6) is 0 Å². The number of nitrogens with two attached hydrogens (primary N) is 1. The van der Waals surface area contributed by atoms with Gasteiger partial charge in [0.1, 0.15) is 12.7 Å². The van der Waals surface area contributed by atoms with E-state index in [1.165, 1.54) is 25.9 Å². The average Bonchev–Trinajstić information content (AvgIpc) is 2.95. The number of nitrogens with zero attached hydrogens (tertiary/aromatic N) is 4. The van der Waals surface area contributed by atoms with Gasteiger partial charge in [-0.05, 0) is 24.7 Å². The summed E-state index contributed by atoms with van der Waals surface area (Å²) in [6.45, 7) is 4.42. The van der Waals surface area contributed by atoms with E-state index < -0.39 is 0 Å². The number of hydrogen-bond donors (Lipinski definition) is 1. The maximum atomic E-state index is 6.12. The fourth-order valence-electron chi connectivity index (χ4n) is 3.17. The Hall–Kier alpha value is -0.360. The van der Waals surface area contributed by atoms with Crippen LogP contribution in [0.1, 0.15) is 12.8 Å². The summed E-state index contributed by atoms with van der Waals surface area (Å²) in [7, 11) is 0. The van der Waals surface area contributed by atoms with E-state index >= 15 is 0 Å². The molecule has 1 aromatic heterocycles. The zero-order valence-electron chi connectivity index (χ0n) is 10.3. The molecule has 2 fully saturated rings. The Balaban J connectivity index is 0.000000810. The van der Waals surface area contributed by atoms with Gasteiger partial charge >= 0.3 is 0 Å². The maximum absolute atomic E-state index is 6.12. The molecule has 2 heterocycles. The van der Waals surface area contributed by atoms with Gasteiger partial charge in [0.25, 0.3) is 0 Å². The van der Waals surface area contributed by atoms with E-state index in [0.29, 0.717) is 6.04 Å². The molecule has 2 aliphatic rings. The Kier molecular flexibility index (Phi) is 5.85. The van der Waals surface area contributed by atoms with Gasteiger partial charge in [-0.1, -0.05) is 0 Å². The molecular formula is C11H21Cl2N5. The molecule has 7 heteroatoms. The second-order valence-corrected chi connectivity index (χ2v) is 5.08. The summed E-state index contributed by atoms with van der Waals surface area (Å²) in [6, 6.07) is 0.446. The Labute approximate surface area is 120 Å². The van der Waals surface area contributed by atoms with Crippen LogP contribution in [0, 0.1) is 11.8 Å². The number of hydrogen-bond acceptors (Lipinski definition) is 4. The first kappa shape index (κ1) is 15.7. The highest BCUT2D eigenvalue weighted by Crippen LogP contribution is 2.36. The van der Waals surface area contributed by atoms with Crippen LogP contribution in [0.3, 0.4) is 0 Å². The van der Waals surface area contributed by atoms with Gasteiger partial charge in [-0.15, -0.1) is 24.8 Å². The van der Waals surface area contributed by atoms with Crippen molar-refractivity contribution < 1.29 is 0 Å². The normalized spacial score (nSPS) is 30.6. The summed E-state index contributed by atoms with van der Waals surface area (Å²) in [6.07, 6.45) is 5.93. The monoisotopic (exact) mass is 293 g/mol. The van der Waals surface area contributed by atoms with E-state index in [2.05, 4.69) is 15.0 Å². The van der Waals surface area contributed by atoms with Crippen LogP contribution in [0.15, 0.2) is 12.7 Å². The van der Waals surface area contributed by atoms with Crippen LogP contribution in [-0.2, 0) is 6.54 Å². The lowest BCUT2D eigenvalue weighted by molar-refractivity contribution is 0.288. The number of likely N-dealkylation sites (tertiary alicyclic amines) is 1. The molecule has 3 unspecified atom stereocenters. The van der Waals surface area contributed by atoms with Gasteiger partial charge in [0.15, 0.2) is 0 Å². The highest BCUT2D eigenvalue weighted by molar-refractivity contribution is 5.85. The van der Waals surface area contributed by atoms with Crippen LogP contribution < -0.4 is 5.73 Å². The Morgan fingerprint density at radius 3 is 2.67 bits per heavy atom. The first-order valence-corrected chi connectivity index (χ1v) is 6.13. The molecule has 0 spiro atoms. The van der Waals surface area contributed by atoms with Gasteiger partial charge in [-0.25, -0.2) is 4.98 Å². The molecule has 5 nitrogen and oxygen atoms in total. The molecule has 1 saturated carbocycles. The van der Waals surface area contributed by atoms with E-state index in [4.69, 9.17) is 5.73 Å². The van der Waals surface area contributed by atoms with Crippen LogP contribution in [0.2, 0.25) is 0 Å². The van der Waals surface area contributed by atoms with Gasteiger partial charge < -0.3 is 10.6 Å². The van der Waals surface area contributed by atoms with E-state index in [-0.39, 0.29) is 24.8 Å². The van der Waals surface area contributed by atoms with Crippen molar-refractivity contribution in [2.75, 3.05) is 19.6 Å². The molecular weight excluding hydrogens is 273 g/mol. The largest absolute Gasteiger partial charge is 0.327 e. The molecule has 1 saturated heterocycles. The molecule has 0 bridgehead atoms. The molecule has 1 aliphatic heterocycles. The summed E-state index contributed by atoms with van der Waals surface area (Å²) in [4.78, 5) is 6.47. The predicted octanol–water partition coefficient (Wildman–Crippen LogP) is 0.791. The highest BCUT2D eigenvalue weighted by Gasteiger charge is 2.40. The first-order valence-electron chi connectivity index (χ1n) is 6.13. The van der Waals surface area contributed by atoms with Crippen molar-refractivity contribution in [3.05, 3.63) is 12.7 Å². The van der Waals surface area contributed by atoms with Gasteiger partial charge in [0.2, 0.25) is 0 Å². The molecule has 0 amide bonds. The van der Waals surface area contributed by atoms with Gasteiger partial charge in [0.05, 0.1) is 6.54 Å². The lowest BCUT2D eigenvalue weighted by Gasteiger charge is -2.17. The number of aromatic nitrogens is 3. The number of halogens is 2. The second-order valence-electron chi connectivity index (χ2n) is 5.08. The molecule has 0 radical (unpaired) electrons. The molecule has 104 valence electrons. The summed E-state index contributed by atoms with van der Waals surface area (Å²) < 4.78 is 1.90. The van der Waals surface area contributed by atoms with E-state index in [9.17, 15) is 0 Å². The summed E-state index contributed by atoms with van der Waals surface area (Å²) >= 11 is 0. The molecule has 1 aromatic rings. The minimum Gasteiger partial charge on any atom is -0.327 e. The zero-order valence-corrected chi connectivity index (χ0v) is 11.9. The topological polar surface area (TPSA) is 60.0 Å². The van der Waals surface area contributed by atoms with Crippen LogP contribution in [0.25, 0.3) is 0 Å². The molecule has 3 rings (SSSR count). The van der Waals surface area contributed by atoms with Crippen molar-refractivity contribution in [2.45, 2.75) is 25.4 Å². The lowest BCUT2D eigenvalue weighted by atomic mass is 9.98. The minimum atomic E-state index is 0. The quantitative estimate of drug-likeness (QED) is 0.895.